The van der Waals surface area contributed by atoms with E-state index in [0.717, 1.165) is 0 Å². The average molecular weight is 160 g/mol. The van der Waals surface area contributed by atoms with Crippen LogP contribution >= 0.6 is 0 Å². The molecule has 0 bridgehead atoms. The van der Waals surface area contributed by atoms with E-state index in [1.165, 1.54) is 0 Å². The van der Waals surface area contributed by atoms with E-state index in [4.69, 9.17) is 10.2 Å². The summed E-state index contributed by atoms with van der Waals surface area (Å²) in [6.45, 7) is 1.74. The van der Waals surface area contributed by atoms with E-state index in [0.29, 0.717) is 6.42 Å². The first-order valence-corrected chi connectivity index (χ1v) is 2.56. The predicted octanol–water partition coefficient (Wildman–Crippen LogP) is -0.684. The Morgan fingerprint density at radius 2 is 2.11 bits per heavy atom. The first-order chi connectivity index (χ1) is 3.66. The Kier molecular flexibility index (Phi) is 9.36. The van der Waals surface area contributed by atoms with Gasteiger partial charge in [0, 0.05) is 0 Å². The third-order valence-electron chi connectivity index (χ3n) is 0.881. The molecule has 52 valence electrons. The van der Waals surface area contributed by atoms with Crippen molar-refractivity contribution in [3.63, 3.8) is 0 Å². The van der Waals surface area contributed by atoms with E-state index in [9.17, 15) is 4.79 Å². The van der Waals surface area contributed by atoms with Gasteiger partial charge in [-0.3, -0.25) is 4.79 Å². The molecule has 1 atom stereocenters. The molecule has 0 aliphatic rings. The Labute approximate surface area is 84.1 Å². The van der Waals surface area contributed by atoms with Gasteiger partial charge in [0.2, 0.25) is 0 Å². The van der Waals surface area contributed by atoms with Crippen molar-refractivity contribution in [2.24, 2.45) is 0 Å². The number of aliphatic hydroxyl groups is 1. The number of rotatable bonds is 3. The summed E-state index contributed by atoms with van der Waals surface area (Å²) in [6.07, 6.45) is -0.310. The van der Waals surface area contributed by atoms with Crippen molar-refractivity contribution in [2.45, 2.75) is 25.9 Å². The summed E-state index contributed by atoms with van der Waals surface area (Å²) in [5, 5.41) is 16.7. The van der Waals surface area contributed by atoms with Crippen LogP contribution < -0.4 is 0 Å². The van der Waals surface area contributed by atoms with Gasteiger partial charge in [0.15, 0.2) is 0 Å². The van der Waals surface area contributed by atoms with Gasteiger partial charge in [-0.1, -0.05) is 6.92 Å². The van der Waals surface area contributed by atoms with Crippen molar-refractivity contribution in [1.29, 1.82) is 0 Å². The molecule has 9 heavy (non-hydrogen) atoms. The van der Waals surface area contributed by atoms with Gasteiger partial charge in [-0.15, -0.1) is 0 Å². The fourth-order valence-corrected chi connectivity index (χ4v) is 0.346. The molecule has 0 aromatic heterocycles. The Morgan fingerprint density at radius 1 is 1.67 bits per heavy atom. The van der Waals surface area contributed by atoms with Crippen LogP contribution in [0.4, 0.5) is 0 Å². The van der Waals surface area contributed by atoms with Crippen molar-refractivity contribution in [2.75, 3.05) is 0 Å². The summed E-state index contributed by atoms with van der Waals surface area (Å²) in [4.78, 5) is 9.81. The van der Waals surface area contributed by atoms with Gasteiger partial charge in [-0.2, -0.15) is 0 Å². The normalized spacial score (nSPS) is 11.8. The van der Waals surface area contributed by atoms with Crippen LogP contribution in [-0.4, -0.2) is 60.0 Å². The zero-order chi connectivity index (χ0) is 6.57. The third kappa shape index (κ3) is 8.69. The van der Waals surface area contributed by atoms with Gasteiger partial charge in [-0.05, 0) is 6.42 Å². The topological polar surface area (TPSA) is 57.5 Å². The third-order valence-corrected chi connectivity index (χ3v) is 0.881. The zero-order valence-corrected chi connectivity index (χ0v) is 4.79. The van der Waals surface area contributed by atoms with Crippen molar-refractivity contribution in [1.82, 2.24) is 0 Å². The number of aliphatic carboxylic acids is 1. The average Bonchev–Trinajstić information content (AvgIpc) is 1.65. The first-order valence-electron chi connectivity index (χ1n) is 2.56. The van der Waals surface area contributed by atoms with Gasteiger partial charge in [-0.25, -0.2) is 0 Å². The summed E-state index contributed by atoms with van der Waals surface area (Å²) in [7, 11) is 0. The molecule has 0 heterocycles. The second kappa shape index (κ2) is 6.80. The van der Waals surface area contributed by atoms with E-state index < -0.39 is 12.1 Å². The van der Waals surface area contributed by atoms with Gasteiger partial charge >= 0.3 is 43.7 Å². The minimum absolute atomic E-state index is 0. The molecule has 0 aromatic carbocycles. The fourth-order valence-electron chi connectivity index (χ4n) is 0.346. The molecule has 0 aromatic rings. The van der Waals surface area contributed by atoms with Gasteiger partial charge in [0.05, 0.1) is 12.5 Å². The van der Waals surface area contributed by atoms with Crippen LogP contribution in [-0.2, 0) is 4.79 Å². The SMILES string of the molecule is CCC(O)CC(=O)O.[CaH2]. The summed E-state index contributed by atoms with van der Waals surface area (Å²) in [6, 6.07) is 0. The molecule has 0 saturated carbocycles. The maximum atomic E-state index is 9.81. The molecule has 0 fully saturated rings. The number of hydrogen-bond acceptors (Lipinski definition) is 2. The summed E-state index contributed by atoms with van der Waals surface area (Å²) >= 11 is 0. The van der Waals surface area contributed by atoms with Crippen molar-refractivity contribution in [3.8, 4) is 0 Å². The molecule has 3 nitrogen and oxygen atoms in total. The van der Waals surface area contributed by atoms with Crippen molar-refractivity contribution < 1.29 is 15.0 Å². The molecule has 0 spiro atoms. The van der Waals surface area contributed by atoms with E-state index in [1.54, 1.807) is 6.92 Å². The Balaban J connectivity index is 0. The minimum atomic E-state index is -0.945. The molecule has 1 unspecified atom stereocenters. The molecular formula is C5H12CaO3. The molecule has 0 aliphatic heterocycles. The monoisotopic (exact) mass is 160 g/mol. The molecule has 4 heteroatoms. The summed E-state index contributed by atoms with van der Waals surface area (Å²) in [5.74, 6) is -0.945. The molecule has 0 radical (unpaired) electrons. The quantitative estimate of drug-likeness (QED) is 0.538. The number of aliphatic hydroxyl groups excluding tert-OH is 1. The first kappa shape index (κ1) is 12.4. The summed E-state index contributed by atoms with van der Waals surface area (Å²) in [5.41, 5.74) is 0. The second-order valence-electron chi connectivity index (χ2n) is 1.66. The molecule has 0 amide bonds. The number of hydrogen-bond donors (Lipinski definition) is 2. The number of carboxylic acids is 1. The van der Waals surface area contributed by atoms with E-state index >= 15 is 0 Å². The molecule has 0 rings (SSSR count). The molecule has 0 saturated heterocycles. The fraction of sp³-hybridized carbons (Fsp3) is 0.800. The summed E-state index contributed by atoms with van der Waals surface area (Å²) < 4.78 is 0. The van der Waals surface area contributed by atoms with Crippen LogP contribution in [0.1, 0.15) is 19.8 Å². The Hall–Kier alpha value is 0.690. The molecular weight excluding hydrogens is 148 g/mol. The van der Waals surface area contributed by atoms with Gasteiger partial charge < -0.3 is 10.2 Å². The van der Waals surface area contributed by atoms with Crippen LogP contribution in [0.2, 0.25) is 0 Å². The van der Waals surface area contributed by atoms with Crippen LogP contribution in [0.25, 0.3) is 0 Å². The van der Waals surface area contributed by atoms with E-state index in [1.807, 2.05) is 0 Å². The van der Waals surface area contributed by atoms with Crippen LogP contribution in [0.15, 0.2) is 0 Å². The van der Waals surface area contributed by atoms with Crippen molar-refractivity contribution in [3.05, 3.63) is 0 Å². The Bertz CT molecular complexity index is 84.3. The maximum absolute atomic E-state index is 9.81. The van der Waals surface area contributed by atoms with E-state index in [-0.39, 0.29) is 44.2 Å². The molecule has 2 N–H and O–H groups in total. The Morgan fingerprint density at radius 3 is 2.22 bits per heavy atom. The zero-order valence-electron chi connectivity index (χ0n) is 4.79. The number of carbonyl (C=O) groups is 1. The van der Waals surface area contributed by atoms with Crippen LogP contribution in [0, 0.1) is 0 Å². The van der Waals surface area contributed by atoms with Crippen LogP contribution in [0.3, 0.4) is 0 Å². The number of carboxylic acid groups (broad SMARTS) is 1. The standard InChI is InChI=1S/C5H10O3.Ca.2H/c1-2-4(6)3-5(7)8;;;/h4,6H,2-3H2,1H3,(H,7,8);;;. The van der Waals surface area contributed by atoms with Crippen LogP contribution in [0.5, 0.6) is 0 Å². The molecule has 0 aliphatic carbocycles. The van der Waals surface area contributed by atoms with E-state index in [2.05, 4.69) is 0 Å². The van der Waals surface area contributed by atoms with Gasteiger partial charge in [0.25, 0.3) is 0 Å². The van der Waals surface area contributed by atoms with Crippen molar-refractivity contribution >= 4 is 43.7 Å². The second-order valence-corrected chi connectivity index (χ2v) is 1.66. The van der Waals surface area contributed by atoms with Gasteiger partial charge in [0.1, 0.15) is 0 Å². The predicted molar refractivity (Wildman–Crippen MR) is 37.1 cm³/mol.